The first-order chi connectivity index (χ1) is 19.9. The highest BCUT2D eigenvalue weighted by Gasteiger charge is 2.72. The largest absolute Gasteiger partial charge is 0.543 e. The Kier molecular flexibility index (Phi) is 10.9. The van der Waals surface area contributed by atoms with E-state index in [9.17, 15) is 31.1 Å². The summed E-state index contributed by atoms with van der Waals surface area (Å²) in [5.74, 6) is 3.95. The molecule has 0 aliphatic heterocycles. The van der Waals surface area contributed by atoms with Gasteiger partial charge in [-0.2, -0.15) is 26.3 Å². The fourth-order valence-electron chi connectivity index (χ4n) is 4.88. The van der Waals surface area contributed by atoms with E-state index in [1.807, 2.05) is 25.0 Å². The van der Waals surface area contributed by atoms with E-state index in [0.29, 0.717) is 5.56 Å². The fourth-order valence-corrected chi connectivity index (χ4v) is 5.97. The maximum Gasteiger partial charge on any atom is 0.407 e. The molecule has 1 unspecified atom stereocenters. The van der Waals surface area contributed by atoms with Crippen LogP contribution in [0.5, 0.6) is 5.75 Å². The summed E-state index contributed by atoms with van der Waals surface area (Å²) in [6, 6.07) is 11.4. The average Bonchev–Trinajstić information content (AvgIpc) is 2.87. The van der Waals surface area contributed by atoms with Gasteiger partial charge in [-0.1, -0.05) is 70.7 Å². The van der Waals surface area contributed by atoms with Crippen molar-refractivity contribution >= 4 is 14.3 Å². The van der Waals surface area contributed by atoms with Crippen molar-refractivity contribution in [2.24, 2.45) is 5.41 Å². The Morgan fingerprint density at radius 2 is 1.32 bits per heavy atom. The number of carbonyl (C=O) groups is 1. The molecule has 0 spiro atoms. The van der Waals surface area contributed by atoms with Gasteiger partial charge < -0.3 is 9.16 Å². The molecule has 0 bridgehead atoms. The van der Waals surface area contributed by atoms with Crippen LogP contribution in [0, 0.1) is 31.1 Å². The molecule has 44 heavy (non-hydrogen) atoms. The lowest BCUT2D eigenvalue weighted by molar-refractivity contribution is -0.352. The molecule has 0 fully saturated rings. The molecular formula is C34H44F6O3Si. The maximum atomic E-state index is 13.7. The molecule has 3 nitrogen and oxygen atoms in total. The van der Waals surface area contributed by atoms with Crippen LogP contribution in [0.3, 0.4) is 0 Å². The van der Waals surface area contributed by atoms with Gasteiger partial charge in [-0.15, -0.1) is 0 Å². The molecule has 244 valence electrons. The van der Waals surface area contributed by atoms with E-state index in [0.717, 1.165) is 42.2 Å². The predicted molar refractivity (Wildman–Crippen MR) is 164 cm³/mol. The summed E-state index contributed by atoms with van der Waals surface area (Å²) in [6.45, 7) is 19.5. The van der Waals surface area contributed by atoms with Crippen molar-refractivity contribution < 1.29 is 40.3 Å². The van der Waals surface area contributed by atoms with Crippen molar-refractivity contribution in [2.45, 2.75) is 117 Å². The van der Waals surface area contributed by atoms with Crippen molar-refractivity contribution in [3.63, 3.8) is 0 Å². The molecule has 0 saturated heterocycles. The zero-order valence-corrected chi connectivity index (χ0v) is 28.4. The summed E-state index contributed by atoms with van der Waals surface area (Å²) in [5, 5.41) is 0.0349. The Hall–Kier alpha value is -2.93. The third kappa shape index (κ3) is 7.30. The van der Waals surface area contributed by atoms with E-state index in [1.165, 1.54) is 0 Å². The molecule has 2 aromatic carbocycles. The summed E-state index contributed by atoms with van der Waals surface area (Å²) in [6.07, 6.45) is -12.9. The Labute approximate surface area is 258 Å². The lowest BCUT2D eigenvalue weighted by Gasteiger charge is -2.38. The summed E-state index contributed by atoms with van der Waals surface area (Å²) in [4.78, 5) is 11.5. The van der Waals surface area contributed by atoms with E-state index >= 15 is 0 Å². The maximum absolute atomic E-state index is 13.7. The average molecular weight is 643 g/mol. The second-order valence-electron chi connectivity index (χ2n) is 13.1. The van der Waals surface area contributed by atoms with Crippen molar-refractivity contribution in [3.8, 4) is 17.6 Å². The first-order valence-electron chi connectivity index (χ1n) is 14.6. The third-order valence-corrected chi connectivity index (χ3v) is 13.6. The third-order valence-electron chi connectivity index (χ3n) is 9.21. The van der Waals surface area contributed by atoms with Gasteiger partial charge in [0.25, 0.3) is 0 Å². The van der Waals surface area contributed by atoms with E-state index in [-0.39, 0.29) is 17.5 Å². The molecule has 2 rings (SSSR count). The highest BCUT2D eigenvalue weighted by molar-refractivity contribution is 6.74. The topological polar surface area (TPSA) is 35.5 Å². The molecule has 10 heteroatoms. The zero-order chi connectivity index (χ0) is 34.1. The minimum Gasteiger partial charge on any atom is -0.543 e. The summed E-state index contributed by atoms with van der Waals surface area (Å²) in [5.41, 5.74) is -0.984. The number of halogens is 6. The van der Waals surface area contributed by atoms with Gasteiger partial charge in [-0.3, -0.25) is 4.79 Å². The van der Waals surface area contributed by atoms with E-state index in [1.54, 1.807) is 19.1 Å². The van der Waals surface area contributed by atoms with Crippen molar-refractivity contribution in [2.75, 3.05) is 0 Å². The van der Waals surface area contributed by atoms with E-state index in [4.69, 9.17) is 4.43 Å². The number of alkyl halides is 6. The highest BCUT2D eigenvalue weighted by Crippen LogP contribution is 2.53. The molecule has 0 aromatic heterocycles. The lowest BCUT2D eigenvalue weighted by Crippen LogP contribution is -2.56. The molecule has 0 radical (unpaired) electrons. The van der Waals surface area contributed by atoms with Crippen LogP contribution in [0.1, 0.15) is 89.1 Å². The molecule has 0 aliphatic carbocycles. The SMILES string of the molecule is CCC(CC)(c1ccc(C#CC(OC(C)=O)C(C)(C(F)(F)F)C(F)(F)F)c(C)c1)c1ccc(O[Si](C)(C)C(C)(C)C)c(C)c1. The molecule has 0 N–H and O–H groups in total. The van der Waals surface area contributed by atoms with Gasteiger partial charge in [0.05, 0.1) is 0 Å². The molecule has 0 amide bonds. The predicted octanol–water partition coefficient (Wildman–Crippen LogP) is 10.2. The van der Waals surface area contributed by atoms with Gasteiger partial charge in [0.1, 0.15) is 5.75 Å². The smallest absolute Gasteiger partial charge is 0.407 e. The minimum absolute atomic E-state index is 0.0349. The fraction of sp³-hybridized carbons (Fsp3) is 0.559. The van der Waals surface area contributed by atoms with Crippen molar-refractivity contribution in [1.82, 2.24) is 0 Å². The van der Waals surface area contributed by atoms with Crippen molar-refractivity contribution in [1.29, 1.82) is 0 Å². The number of esters is 1. The van der Waals surface area contributed by atoms with Gasteiger partial charge in [0.15, 0.2) is 6.10 Å². The number of hydrogen-bond acceptors (Lipinski definition) is 3. The Morgan fingerprint density at radius 3 is 1.70 bits per heavy atom. The van der Waals surface area contributed by atoms with E-state index in [2.05, 4.69) is 70.5 Å². The number of carbonyl (C=O) groups excluding carboxylic acids is 1. The van der Waals surface area contributed by atoms with Crippen molar-refractivity contribution in [3.05, 3.63) is 64.2 Å². The van der Waals surface area contributed by atoms with Crippen LogP contribution in [-0.2, 0) is 14.9 Å². The molecule has 2 aromatic rings. The number of benzene rings is 2. The summed E-state index contributed by atoms with van der Waals surface area (Å²) in [7, 11) is -2.06. The highest BCUT2D eigenvalue weighted by atomic mass is 28.4. The Balaban J connectivity index is 2.60. The van der Waals surface area contributed by atoms with Gasteiger partial charge in [-0.25, -0.2) is 0 Å². The normalized spacial score (nSPS) is 14.0. The van der Waals surface area contributed by atoms with Crippen LogP contribution < -0.4 is 4.43 Å². The Morgan fingerprint density at radius 1 is 0.841 bits per heavy atom. The number of rotatable bonds is 8. The monoisotopic (exact) mass is 642 g/mol. The quantitative estimate of drug-likeness (QED) is 0.124. The summed E-state index contributed by atoms with van der Waals surface area (Å²) >= 11 is 0. The van der Waals surface area contributed by atoms with Gasteiger partial charge in [0.2, 0.25) is 13.7 Å². The number of aryl methyl sites for hydroxylation is 2. The van der Waals surface area contributed by atoms with Crippen LogP contribution in [0.15, 0.2) is 36.4 Å². The van der Waals surface area contributed by atoms with E-state index < -0.39 is 43.6 Å². The number of hydrogen-bond donors (Lipinski definition) is 0. The molecule has 0 heterocycles. The van der Waals surface area contributed by atoms with Crippen LogP contribution in [0.25, 0.3) is 0 Å². The second kappa shape index (κ2) is 12.8. The van der Waals surface area contributed by atoms with Crippen LogP contribution >= 0.6 is 0 Å². The Bertz CT molecular complexity index is 1390. The zero-order valence-electron chi connectivity index (χ0n) is 27.4. The van der Waals surface area contributed by atoms with Gasteiger partial charge >= 0.3 is 18.3 Å². The standard InChI is InChI=1S/C34H44F6O3Si/c1-12-32(13-2,27-17-18-28(23(4)21-27)43-44(10,11)30(6,7)8)26-16-14-25(22(3)20-26)15-19-29(42-24(5)41)31(9,33(35,36)37)34(38,39)40/h14,16-18,20-21,29H,12-13H2,1-11H3. The molecular weight excluding hydrogens is 598 g/mol. The summed E-state index contributed by atoms with van der Waals surface area (Å²) < 4.78 is 93.5. The van der Waals surface area contributed by atoms with Crippen LogP contribution in [-0.4, -0.2) is 32.7 Å². The lowest BCUT2D eigenvalue weighted by atomic mass is 9.70. The van der Waals surface area contributed by atoms with Gasteiger partial charge in [0, 0.05) is 17.9 Å². The number of ether oxygens (including phenoxy) is 1. The van der Waals surface area contributed by atoms with Gasteiger partial charge in [-0.05, 0) is 86.1 Å². The second-order valence-corrected chi connectivity index (χ2v) is 17.8. The molecule has 1 atom stereocenters. The van der Waals surface area contributed by atoms with Crippen LogP contribution in [0.4, 0.5) is 26.3 Å². The molecule has 0 saturated carbocycles. The first kappa shape index (κ1) is 37.3. The van der Waals surface area contributed by atoms with Crippen LogP contribution in [0.2, 0.25) is 18.1 Å². The minimum atomic E-state index is -5.77. The molecule has 0 aliphatic rings. The first-order valence-corrected chi connectivity index (χ1v) is 17.5.